The van der Waals surface area contributed by atoms with E-state index in [9.17, 15) is 22.4 Å². The lowest BCUT2D eigenvalue weighted by atomic mass is 9.95. The van der Waals surface area contributed by atoms with Crippen LogP contribution in [0.2, 0.25) is 0 Å². The number of pyridine rings is 1. The molecule has 0 saturated carbocycles. The summed E-state index contributed by atoms with van der Waals surface area (Å²) in [6.45, 7) is 9.15. The van der Waals surface area contributed by atoms with E-state index >= 15 is 4.39 Å². The highest BCUT2D eigenvalue weighted by Gasteiger charge is 2.32. The van der Waals surface area contributed by atoms with Gasteiger partial charge in [-0.05, 0) is 43.7 Å². The van der Waals surface area contributed by atoms with Crippen molar-refractivity contribution in [1.29, 1.82) is 0 Å². The minimum absolute atomic E-state index is 0.0296. The number of hydrogen-bond acceptors (Lipinski definition) is 7. The van der Waals surface area contributed by atoms with Crippen molar-refractivity contribution in [2.75, 3.05) is 30.3 Å². The zero-order valence-corrected chi connectivity index (χ0v) is 22.2. The zero-order chi connectivity index (χ0) is 29.0. The summed E-state index contributed by atoms with van der Waals surface area (Å²) in [5.74, 6) is -9.13. The van der Waals surface area contributed by atoms with E-state index in [1.165, 1.54) is 4.57 Å². The number of dihydropyridines is 1. The van der Waals surface area contributed by atoms with Crippen LogP contribution in [0.3, 0.4) is 0 Å². The lowest BCUT2D eigenvalue weighted by Gasteiger charge is -2.36. The molecule has 0 amide bonds. The van der Waals surface area contributed by atoms with Gasteiger partial charge in [0.2, 0.25) is 0 Å². The number of rotatable bonds is 4. The molecule has 40 heavy (non-hydrogen) atoms. The predicted molar refractivity (Wildman–Crippen MR) is 143 cm³/mol. The number of benzene rings is 1. The molecule has 0 aliphatic carbocycles. The van der Waals surface area contributed by atoms with E-state index < -0.39 is 57.8 Å². The Morgan fingerprint density at radius 3 is 2.45 bits per heavy atom. The molecule has 4 N–H and O–H groups in total. The summed E-state index contributed by atoms with van der Waals surface area (Å²) in [4.78, 5) is 24.2. The molecule has 212 valence electrons. The van der Waals surface area contributed by atoms with E-state index in [2.05, 4.69) is 20.6 Å². The Kier molecular flexibility index (Phi) is 7.02. The predicted octanol–water partition coefficient (Wildman–Crippen LogP) is 3.91. The molecule has 0 bridgehead atoms. The Morgan fingerprint density at radius 1 is 1.07 bits per heavy atom. The third-order valence-electron chi connectivity index (χ3n) is 7.33. The summed E-state index contributed by atoms with van der Waals surface area (Å²) in [6.07, 6.45) is 3.48. The maximum Gasteiger partial charge on any atom is 0.355 e. The summed E-state index contributed by atoms with van der Waals surface area (Å²) in [6, 6.07) is 0.462. The fourth-order valence-corrected chi connectivity index (χ4v) is 5.26. The molecular weight excluding hydrogens is 533 g/mol. The number of fused-ring (bicyclic) bond motifs is 1. The van der Waals surface area contributed by atoms with Crippen LogP contribution in [0.15, 0.2) is 28.7 Å². The fourth-order valence-electron chi connectivity index (χ4n) is 5.26. The van der Waals surface area contributed by atoms with Gasteiger partial charge in [0.05, 0.1) is 28.4 Å². The molecule has 1 unspecified atom stereocenters. The van der Waals surface area contributed by atoms with E-state index in [1.54, 1.807) is 19.2 Å². The van der Waals surface area contributed by atoms with Gasteiger partial charge in [-0.2, -0.15) is 4.98 Å². The number of halogens is 5. The first-order chi connectivity index (χ1) is 18.9. The molecule has 1 aromatic carbocycles. The quantitative estimate of drug-likeness (QED) is 0.192. The Bertz CT molecular complexity index is 1620. The second kappa shape index (κ2) is 10.2. The normalized spacial score (nSPS) is 19.6. The van der Waals surface area contributed by atoms with Crippen molar-refractivity contribution in [3.8, 4) is 11.3 Å². The molecule has 0 radical (unpaired) electrons. The van der Waals surface area contributed by atoms with Gasteiger partial charge in [0.15, 0.2) is 34.7 Å². The van der Waals surface area contributed by atoms with E-state index in [1.807, 2.05) is 25.7 Å². The topological polar surface area (TPSA) is 101 Å². The minimum atomic E-state index is -2.16. The number of anilines is 2. The maximum atomic E-state index is 15.7. The molecule has 3 aromatic rings. The summed E-state index contributed by atoms with van der Waals surface area (Å²) < 4.78 is 74.4. The average molecular weight is 562 g/mol. The number of nitrogens with two attached hydrogens (primary N) is 1. The van der Waals surface area contributed by atoms with Crippen LogP contribution in [0, 0.1) is 35.0 Å². The monoisotopic (exact) mass is 561 g/mol. The Hall–Kier alpha value is -4.00. The molecule has 0 spiro atoms. The van der Waals surface area contributed by atoms with Crippen LogP contribution in [0.25, 0.3) is 28.0 Å². The van der Waals surface area contributed by atoms with Gasteiger partial charge in [0.1, 0.15) is 11.5 Å². The van der Waals surface area contributed by atoms with Crippen molar-refractivity contribution >= 4 is 28.2 Å². The van der Waals surface area contributed by atoms with Gasteiger partial charge in [0, 0.05) is 25.7 Å². The minimum Gasteiger partial charge on any atom is -0.396 e. The SMILES string of the molecule is CC1=C(n2c(=O)nc(N3CCNC[C@@H]3C)c3cc(F)c(-c4c(N)c(F)c(F)c(F)c4F)nc32)C(C(C)C)NC=C1. The van der Waals surface area contributed by atoms with Crippen LogP contribution in [-0.4, -0.2) is 46.3 Å². The average Bonchev–Trinajstić information content (AvgIpc) is 2.92. The number of nitrogen functional groups attached to an aromatic ring is 1. The smallest absolute Gasteiger partial charge is 0.355 e. The molecule has 4 heterocycles. The molecule has 5 rings (SSSR count). The molecule has 8 nitrogen and oxygen atoms in total. The van der Waals surface area contributed by atoms with E-state index in [4.69, 9.17) is 5.73 Å². The zero-order valence-electron chi connectivity index (χ0n) is 22.2. The third-order valence-corrected chi connectivity index (χ3v) is 7.33. The van der Waals surface area contributed by atoms with Crippen LogP contribution in [0.5, 0.6) is 0 Å². The van der Waals surface area contributed by atoms with Crippen molar-refractivity contribution in [3.63, 3.8) is 0 Å². The van der Waals surface area contributed by atoms with Gasteiger partial charge < -0.3 is 21.3 Å². The number of nitrogens with zero attached hydrogens (tertiary/aromatic N) is 4. The first kappa shape index (κ1) is 27.6. The first-order valence-corrected chi connectivity index (χ1v) is 12.8. The van der Waals surface area contributed by atoms with Crippen molar-refractivity contribution in [3.05, 3.63) is 63.5 Å². The van der Waals surface area contributed by atoms with Gasteiger partial charge in [-0.1, -0.05) is 13.8 Å². The molecule has 2 aliphatic rings. The van der Waals surface area contributed by atoms with Crippen LogP contribution < -0.4 is 27.0 Å². The first-order valence-electron chi connectivity index (χ1n) is 12.8. The number of hydrogen-bond donors (Lipinski definition) is 3. The number of aromatic nitrogens is 3. The third kappa shape index (κ3) is 4.28. The summed E-state index contributed by atoms with van der Waals surface area (Å²) in [7, 11) is 0. The lowest BCUT2D eigenvalue weighted by molar-refractivity contribution is 0.412. The molecule has 1 saturated heterocycles. The van der Waals surface area contributed by atoms with Gasteiger partial charge >= 0.3 is 5.69 Å². The Labute approximate surface area is 226 Å². The van der Waals surface area contributed by atoms with Crippen molar-refractivity contribution < 1.29 is 22.0 Å². The van der Waals surface area contributed by atoms with Crippen LogP contribution >= 0.6 is 0 Å². The Morgan fingerprint density at radius 2 is 1.77 bits per heavy atom. The fraction of sp³-hybridized carbons (Fsp3) is 0.370. The van der Waals surface area contributed by atoms with Gasteiger partial charge in [-0.3, -0.25) is 0 Å². The van der Waals surface area contributed by atoms with Crippen LogP contribution in [0.4, 0.5) is 33.5 Å². The van der Waals surface area contributed by atoms with Gasteiger partial charge in [-0.15, -0.1) is 0 Å². The number of allylic oxidation sites excluding steroid dienone is 2. The van der Waals surface area contributed by atoms with Crippen molar-refractivity contribution in [2.45, 2.75) is 39.8 Å². The largest absolute Gasteiger partial charge is 0.396 e. The number of piperazine rings is 1. The maximum absolute atomic E-state index is 15.7. The van der Waals surface area contributed by atoms with Gasteiger partial charge in [0.25, 0.3) is 0 Å². The summed E-state index contributed by atoms with van der Waals surface area (Å²) >= 11 is 0. The second-order valence-corrected chi connectivity index (χ2v) is 10.3. The summed E-state index contributed by atoms with van der Waals surface area (Å²) in [5, 5.41) is 6.55. The van der Waals surface area contributed by atoms with E-state index in [0.717, 1.165) is 6.07 Å². The molecule has 2 aromatic heterocycles. The molecular formula is C27H28F5N7O. The molecule has 13 heteroatoms. The molecule has 1 fully saturated rings. The highest BCUT2D eigenvalue weighted by atomic mass is 19.2. The molecule has 2 aliphatic heterocycles. The molecule has 2 atom stereocenters. The lowest BCUT2D eigenvalue weighted by Crippen LogP contribution is -2.51. The Balaban J connectivity index is 1.91. The van der Waals surface area contributed by atoms with E-state index in [0.29, 0.717) is 30.9 Å². The van der Waals surface area contributed by atoms with Crippen LogP contribution in [-0.2, 0) is 0 Å². The highest BCUT2D eigenvalue weighted by Crippen LogP contribution is 2.38. The number of nitrogens with one attached hydrogen (secondary N) is 2. The summed E-state index contributed by atoms with van der Waals surface area (Å²) in [5.41, 5.74) is 2.78. The van der Waals surface area contributed by atoms with Crippen molar-refractivity contribution in [1.82, 2.24) is 25.2 Å². The standard InChI is InChI=1S/C27H28F5N7O/c1-11(2)22-24(12(3)5-6-35-22)39-26-14(25(37-27(39)40)38-8-7-34-10-13(38)4)9-15(28)23(36-26)16-17(29)18(30)19(31)20(32)21(16)33/h5-6,9,11,13,22,34-35H,7-8,10,33H2,1-4H3/t13-,22?/m0/s1. The van der Waals surface area contributed by atoms with Crippen molar-refractivity contribution in [2.24, 2.45) is 5.92 Å². The van der Waals surface area contributed by atoms with Crippen LogP contribution in [0.1, 0.15) is 27.7 Å². The highest BCUT2D eigenvalue weighted by molar-refractivity contribution is 5.92. The van der Waals surface area contributed by atoms with E-state index in [-0.39, 0.29) is 28.8 Å². The second-order valence-electron chi connectivity index (χ2n) is 10.3. The van der Waals surface area contributed by atoms with Gasteiger partial charge in [-0.25, -0.2) is 36.3 Å².